The highest BCUT2D eigenvalue weighted by molar-refractivity contribution is 5.77. The monoisotopic (exact) mass is 274 g/mol. The van der Waals surface area contributed by atoms with Crippen LogP contribution in [0.1, 0.15) is 0 Å². The van der Waals surface area contributed by atoms with E-state index in [2.05, 4.69) is 10.2 Å². The number of aromatic hydroxyl groups is 1. The SMILES string of the molecule is Oc1ccc(N=Nc2ccccc2)c(-c2ccccc2)c1. The van der Waals surface area contributed by atoms with E-state index in [0.29, 0.717) is 0 Å². The average Bonchev–Trinajstić information content (AvgIpc) is 2.55. The van der Waals surface area contributed by atoms with Crippen LogP contribution in [0.5, 0.6) is 5.75 Å². The lowest BCUT2D eigenvalue weighted by atomic mass is 10.0. The lowest BCUT2D eigenvalue weighted by Gasteiger charge is -2.05. The molecule has 0 saturated heterocycles. The molecule has 0 saturated carbocycles. The van der Waals surface area contributed by atoms with Crippen molar-refractivity contribution in [2.75, 3.05) is 0 Å². The molecule has 0 aliphatic heterocycles. The van der Waals surface area contributed by atoms with Gasteiger partial charge in [-0.05, 0) is 35.9 Å². The molecule has 3 heteroatoms. The third-order valence-electron chi connectivity index (χ3n) is 3.09. The number of hydrogen-bond donors (Lipinski definition) is 1. The fourth-order valence-electron chi connectivity index (χ4n) is 2.07. The van der Waals surface area contributed by atoms with Gasteiger partial charge in [-0.3, -0.25) is 0 Å². The number of azo groups is 1. The highest BCUT2D eigenvalue weighted by Gasteiger charge is 2.05. The van der Waals surface area contributed by atoms with Gasteiger partial charge in [0.1, 0.15) is 5.75 Å². The minimum absolute atomic E-state index is 0.215. The molecule has 0 spiro atoms. The third-order valence-corrected chi connectivity index (χ3v) is 3.09. The number of hydrogen-bond acceptors (Lipinski definition) is 3. The van der Waals surface area contributed by atoms with E-state index in [0.717, 1.165) is 22.5 Å². The van der Waals surface area contributed by atoms with Crippen molar-refractivity contribution in [1.82, 2.24) is 0 Å². The smallest absolute Gasteiger partial charge is 0.116 e. The van der Waals surface area contributed by atoms with E-state index in [1.54, 1.807) is 18.2 Å². The Labute approximate surface area is 123 Å². The average molecular weight is 274 g/mol. The van der Waals surface area contributed by atoms with Crippen LogP contribution < -0.4 is 0 Å². The summed E-state index contributed by atoms with van der Waals surface area (Å²) in [6.07, 6.45) is 0. The van der Waals surface area contributed by atoms with Crippen LogP contribution in [-0.2, 0) is 0 Å². The third kappa shape index (κ3) is 3.15. The van der Waals surface area contributed by atoms with E-state index in [1.165, 1.54) is 0 Å². The first-order valence-electron chi connectivity index (χ1n) is 6.68. The summed E-state index contributed by atoms with van der Waals surface area (Å²) < 4.78 is 0. The molecule has 21 heavy (non-hydrogen) atoms. The Morgan fingerprint density at radius 2 is 1.33 bits per heavy atom. The second-order valence-corrected chi connectivity index (χ2v) is 4.60. The molecule has 0 amide bonds. The topological polar surface area (TPSA) is 45.0 Å². The second kappa shape index (κ2) is 6.01. The summed E-state index contributed by atoms with van der Waals surface area (Å²) in [4.78, 5) is 0. The van der Waals surface area contributed by atoms with E-state index >= 15 is 0 Å². The summed E-state index contributed by atoms with van der Waals surface area (Å²) in [6, 6.07) is 24.5. The minimum Gasteiger partial charge on any atom is -0.508 e. The highest BCUT2D eigenvalue weighted by atomic mass is 16.3. The lowest BCUT2D eigenvalue weighted by Crippen LogP contribution is -1.78. The first-order valence-corrected chi connectivity index (χ1v) is 6.68. The largest absolute Gasteiger partial charge is 0.508 e. The van der Waals surface area contributed by atoms with Gasteiger partial charge in [0.05, 0.1) is 11.4 Å². The van der Waals surface area contributed by atoms with E-state index in [4.69, 9.17) is 0 Å². The lowest BCUT2D eigenvalue weighted by molar-refractivity contribution is 0.475. The Morgan fingerprint density at radius 3 is 2.05 bits per heavy atom. The Balaban J connectivity index is 2.01. The molecule has 3 aromatic rings. The molecule has 0 atom stereocenters. The van der Waals surface area contributed by atoms with E-state index in [9.17, 15) is 5.11 Å². The van der Waals surface area contributed by atoms with E-state index < -0.39 is 0 Å². The quantitative estimate of drug-likeness (QED) is 0.632. The Hall–Kier alpha value is -2.94. The summed E-state index contributed by atoms with van der Waals surface area (Å²) in [5, 5.41) is 18.3. The Kier molecular flexibility index (Phi) is 3.74. The van der Waals surface area contributed by atoms with Crippen molar-refractivity contribution in [2.24, 2.45) is 10.2 Å². The van der Waals surface area contributed by atoms with Gasteiger partial charge in [0.25, 0.3) is 0 Å². The maximum absolute atomic E-state index is 9.71. The van der Waals surface area contributed by atoms with Crippen LogP contribution in [-0.4, -0.2) is 5.11 Å². The van der Waals surface area contributed by atoms with Gasteiger partial charge in [0.2, 0.25) is 0 Å². The second-order valence-electron chi connectivity index (χ2n) is 4.60. The van der Waals surface area contributed by atoms with Crippen LogP contribution in [0.3, 0.4) is 0 Å². The van der Waals surface area contributed by atoms with Gasteiger partial charge in [-0.1, -0.05) is 48.5 Å². The molecule has 0 heterocycles. The highest BCUT2D eigenvalue weighted by Crippen LogP contribution is 2.34. The van der Waals surface area contributed by atoms with Gasteiger partial charge >= 0.3 is 0 Å². The van der Waals surface area contributed by atoms with Gasteiger partial charge in [-0.2, -0.15) is 5.11 Å². The molecule has 0 aliphatic carbocycles. The standard InChI is InChI=1S/C18H14N2O/c21-16-11-12-18(20-19-15-9-5-2-6-10-15)17(13-16)14-7-3-1-4-8-14/h1-13,21H. The maximum atomic E-state index is 9.71. The van der Waals surface area contributed by atoms with Crippen LogP contribution in [0.2, 0.25) is 0 Å². The number of phenolic OH excluding ortho intramolecular Hbond substituents is 1. The molecule has 0 fully saturated rings. The molecule has 3 nitrogen and oxygen atoms in total. The van der Waals surface area contributed by atoms with Crippen molar-refractivity contribution in [3.8, 4) is 16.9 Å². The van der Waals surface area contributed by atoms with Gasteiger partial charge in [-0.15, -0.1) is 5.11 Å². The fourth-order valence-corrected chi connectivity index (χ4v) is 2.07. The van der Waals surface area contributed by atoms with Crippen LogP contribution >= 0.6 is 0 Å². The van der Waals surface area contributed by atoms with Crippen LogP contribution in [0, 0.1) is 0 Å². The molecule has 1 N–H and O–H groups in total. The Bertz CT molecular complexity index is 753. The molecular formula is C18H14N2O. The summed E-state index contributed by atoms with van der Waals surface area (Å²) in [5.74, 6) is 0.215. The molecule has 0 radical (unpaired) electrons. The minimum atomic E-state index is 0.215. The molecule has 0 aromatic heterocycles. The van der Waals surface area contributed by atoms with Crippen molar-refractivity contribution in [3.63, 3.8) is 0 Å². The first kappa shape index (κ1) is 13.1. The molecule has 0 unspecified atom stereocenters. The van der Waals surface area contributed by atoms with Crippen molar-refractivity contribution in [2.45, 2.75) is 0 Å². The molecule has 3 rings (SSSR count). The summed E-state index contributed by atoms with van der Waals surface area (Å²) in [6.45, 7) is 0. The van der Waals surface area contributed by atoms with Crippen LogP contribution in [0.15, 0.2) is 89.1 Å². The van der Waals surface area contributed by atoms with Gasteiger partial charge in [0, 0.05) is 5.56 Å². The van der Waals surface area contributed by atoms with E-state index in [-0.39, 0.29) is 5.75 Å². The summed E-state index contributed by atoms with van der Waals surface area (Å²) in [5.41, 5.74) is 3.37. The van der Waals surface area contributed by atoms with Gasteiger partial charge < -0.3 is 5.11 Å². The molecule has 0 bridgehead atoms. The predicted molar refractivity (Wildman–Crippen MR) is 84.2 cm³/mol. The number of phenols is 1. The Morgan fingerprint density at radius 1 is 0.667 bits per heavy atom. The molecule has 3 aromatic carbocycles. The molecule has 0 aliphatic rings. The summed E-state index contributed by atoms with van der Waals surface area (Å²) >= 11 is 0. The number of nitrogens with zero attached hydrogens (tertiary/aromatic N) is 2. The van der Waals surface area contributed by atoms with Crippen LogP contribution in [0.4, 0.5) is 11.4 Å². The normalized spacial score (nSPS) is 10.9. The van der Waals surface area contributed by atoms with Gasteiger partial charge in [0.15, 0.2) is 0 Å². The zero-order valence-corrected chi connectivity index (χ0v) is 11.3. The van der Waals surface area contributed by atoms with Crippen molar-refractivity contribution in [1.29, 1.82) is 0 Å². The molecule has 102 valence electrons. The summed E-state index contributed by atoms with van der Waals surface area (Å²) in [7, 11) is 0. The van der Waals surface area contributed by atoms with Crippen molar-refractivity contribution in [3.05, 3.63) is 78.9 Å². The molecular weight excluding hydrogens is 260 g/mol. The zero-order valence-electron chi connectivity index (χ0n) is 11.3. The van der Waals surface area contributed by atoms with Crippen molar-refractivity contribution < 1.29 is 5.11 Å². The zero-order chi connectivity index (χ0) is 14.5. The van der Waals surface area contributed by atoms with E-state index in [1.807, 2.05) is 60.7 Å². The van der Waals surface area contributed by atoms with Crippen molar-refractivity contribution >= 4 is 11.4 Å². The van der Waals surface area contributed by atoms with Crippen LogP contribution in [0.25, 0.3) is 11.1 Å². The fraction of sp³-hybridized carbons (Fsp3) is 0. The first-order chi connectivity index (χ1) is 10.3. The number of rotatable bonds is 3. The predicted octanol–water partition coefficient (Wildman–Crippen LogP) is 5.47. The maximum Gasteiger partial charge on any atom is 0.116 e. The number of benzene rings is 3. The van der Waals surface area contributed by atoms with Gasteiger partial charge in [-0.25, -0.2) is 0 Å².